The summed E-state index contributed by atoms with van der Waals surface area (Å²) in [6.45, 7) is 24.3. The van der Waals surface area contributed by atoms with E-state index in [2.05, 4.69) is 21.3 Å². The van der Waals surface area contributed by atoms with Crippen LogP contribution < -0.4 is 21.3 Å². The summed E-state index contributed by atoms with van der Waals surface area (Å²) in [5, 5.41) is 20.5. The van der Waals surface area contributed by atoms with Crippen LogP contribution in [0.4, 0.5) is 15.3 Å². The van der Waals surface area contributed by atoms with Crippen LogP contribution in [0, 0.1) is 17.3 Å². The van der Waals surface area contributed by atoms with E-state index in [1.165, 1.54) is 36.8 Å². The first-order valence-corrected chi connectivity index (χ1v) is 21.5. The average molecular weight is 893 g/mol. The largest absolute Gasteiger partial charge is 0.478 e. The van der Waals surface area contributed by atoms with E-state index in [4.69, 9.17) is 9.47 Å². The molecule has 16 nitrogen and oxygen atoms in total. The van der Waals surface area contributed by atoms with Gasteiger partial charge in [0.05, 0.1) is 6.04 Å². The van der Waals surface area contributed by atoms with Gasteiger partial charge in [0.15, 0.2) is 0 Å². The monoisotopic (exact) mass is 893 g/mol. The van der Waals surface area contributed by atoms with Gasteiger partial charge in [-0.25, -0.2) is 14.4 Å². The average Bonchev–Trinajstić information content (AvgIpc) is 3.18. The van der Waals surface area contributed by atoms with Crippen molar-refractivity contribution in [3.63, 3.8) is 0 Å². The highest BCUT2D eigenvalue weighted by molar-refractivity contribution is 5.98. The molecule has 0 heterocycles. The van der Waals surface area contributed by atoms with Crippen molar-refractivity contribution in [2.45, 2.75) is 145 Å². The zero-order valence-electron chi connectivity index (χ0n) is 40.5. The number of anilines is 1. The van der Waals surface area contributed by atoms with Crippen LogP contribution in [0.3, 0.4) is 0 Å². The number of carboxylic acid groups (broad SMARTS) is 1. The van der Waals surface area contributed by atoms with Crippen molar-refractivity contribution in [1.29, 1.82) is 0 Å². The molecule has 0 radical (unpaired) electrons. The van der Waals surface area contributed by atoms with Crippen molar-refractivity contribution in [1.82, 2.24) is 25.8 Å². The van der Waals surface area contributed by atoms with Crippen molar-refractivity contribution in [3.8, 4) is 0 Å². The van der Waals surface area contributed by atoms with Gasteiger partial charge in [0.1, 0.15) is 36.4 Å². The SMILES string of the molecule is C/C(=C\[C@H](C(C)C)N(C)C(=O)C(NC(=O)[C@@H](N(C)C(=O)OCc1ccc(NC(=O)[C@H](C)NC(=O)C(NC(=O)OC(C)(C)C)C(C)C)cc1)C(C)(C)c1ccccc1)C(C)(C)C)C(=O)O. The molecule has 354 valence electrons. The number of carboxylic acids is 1. The number of rotatable bonds is 18. The van der Waals surface area contributed by atoms with Crippen LogP contribution in [-0.2, 0) is 45.5 Å². The van der Waals surface area contributed by atoms with Crippen LogP contribution in [0.2, 0.25) is 0 Å². The van der Waals surface area contributed by atoms with Crippen molar-refractivity contribution >= 4 is 47.5 Å². The van der Waals surface area contributed by atoms with Crippen molar-refractivity contribution < 1.29 is 48.1 Å². The van der Waals surface area contributed by atoms with Gasteiger partial charge in [0, 0.05) is 30.8 Å². The van der Waals surface area contributed by atoms with Gasteiger partial charge in [0.25, 0.3) is 0 Å². The molecule has 2 unspecified atom stereocenters. The normalized spacial score (nSPS) is 14.6. The number of hydrogen-bond acceptors (Lipinski definition) is 9. The zero-order chi connectivity index (χ0) is 49.1. The molecule has 64 heavy (non-hydrogen) atoms. The Morgan fingerprint density at radius 1 is 0.719 bits per heavy atom. The second-order valence-electron chi connectivity index (χ2n) is 19.6. The Labute approximate surface area is 379 Å². The number of alkyl carbamates (subject to hydrolysis) is 1. The molecule has 5 N–H and O–H groups in total. The lowest BCUT2D eigenvalue weighted by Gasteiger charge is -2.42. The highest BCUT2D eigenvalue weighted by atomic mass is 16.6. The molecule has 2 rings (SSSR count). The number of nitrogens with one attached hydrogen (secondary N) is 4. The highest BCUT2D eigenvalue weighted by Crippen LogP contribution is 2.32. The Hall–Kier alpha value is -5.93. The number of aliphatic carboxylic acids is 1. The highest BCUT2D eigenvalue weighted by Gasteiger charge is 2.45. The Morgan fingerprint density at radius 3 is 1.77 bits per heavy atom. The predicted octanol–water partition coefficient (Wildman–Crippen LogP) is 6.64. The number of carbonyl (C=O) groups excluding carboxylic acids is 6. The number of carbonyl (C=O) groups is 7. The van der Waals surface area contributed by atoms with Crippen LogP contribution in [0.25, 0.3) is 0 Å². The summed E-state index contributed by atoms with van der Waals surface area (Å²) in [6, 6.07) is 11.0. The predicted molar refractivity (Wildman–Crippen MR) is 246 cm³/mol. The number of ether oxygens (including phenoxy) is 2. The molecule has 0 aliphatic carbocycles. The van der Waals surface area contributed by atoms with Gasteiger partial charge in [-0.2, -0.15) is 0 Å². The molecule has 0 saturated carbocycles. The molecule has 2 aromatic carbocycles. The molecule has 0 bridgehead atoms. The lowest BCUT2D eigenvalue weighted by Crippen LogP contribution is -2.63. The lowest BCUT2D eigenvalue weighted by molar-refractivity contribution is -0.141. The first-order chi connectivity index (χ1) is 29.4. The second-order valence-corrected chi connectivity index (χ2v) is 19.6. The molecule has 16 heteroatoms. The Bertz CT molecular complexity index is 1980. The molecule has 0 fully saturated rings. The lowest BCUT2D eigenvalue weighted by atomic mass is 9.76. The van der Waals surface area contributed by atoms with Gasteiger partial charge in [-0.15, -0.1) is 0 Å². The van der Waals surface area contributed by atoms with E-state index in [0.717, 1.165) is 5.56 Å². The maximum atomic E-state index is 14.6. The van der Waals surface area contributed by atoms with Gasteiger partial charge >= 0.3 is 18.2 Å². The second kappa shape index (κ2) is 22.6. The first-order valence-electron chi connectivity index (χ1n) is 21.5. The number of nitrogens with zero attached hydrogens (tertiary/aromatic N) is 2. The molecule has 2 aromatic rings. The fraction of sp³-hybridized carbons (Fsp3) is 0.562. The molecule has 0 saturated heterocycles. The van der Waals surface area contributed by atoms with Gasteiger partial charge < -0.3 is 40.7 Å². The summed E-state index contributed by atoms with van der Waals surface area (Å²) < 4.78 is 11.0. The molecule has 5 atom stereocenters. The molecule has 0 aliphatic rings. The van der Waals surface area contributed by atoms with E-state index < -0.39 is 88.4 Å². The van der Waals surface area contributed by atoms with E-state index in [1.54, 1.807) is 65.9 Å². The van der Waals surface area contributed by atoms with Crippen molar-refractivity contribution in [2.75, 3.05) is 19.4 Å². The fourth-order valence-corrected chi connectivity index (χ4v) is 6.94. The number of amides is 6. The van der Waals surface area contributed by atoms with Crippen LogP contribution >= 0.6 is 0 Å². The standard InChI is InChI=1S/C48H72N6O10/c1-28(2)35(26-30(5)43(59)60)53(15)42(58)37(46(7,8)9)52-41(57)38(48(13,14)33-20-18-17-19-21-33)54(16)45(62)63-27-32-22-24-34(25-23-32)50-39(55)31(6)49-40(56)36(29(3)4)51-44(61)64-47(10,11)12/h17-26,28-29,31,35-38H,27H2,1-16H3,(H,49,56)(H,50,55)(H,51,61)(H,52,57)(H,59,60)/b30-26+/t31-,35+,36?,37?,38+/m0/s1. The molecule has 6 amide bonds. The van der Waals surface area contributed by atoms with Crippen LogP contribution in [0.1, 0.15) is 108 Å². The third-order valence-electron chi connectivity index (χ3n) is 10.7. The van der Waals surface area contributed by atoms with Crippen LogP contribution in [-0.4, -0.2) is 107 Å². The summed E-state index contributed by atoms with van der Waals surface area (Å²) in [5.41, 5.74) is -0.736. The van der Waals surface area contributed by atoms with E-state index in [-0.39, 0.29) is 24.0 Å². The zero-order valence-corrected chi connectivity index (χ0v) is 40.5. The van der Waals surface area contributed by atoms with Gasteiger partial charge in [-0.05, 0) is 75.1 Å². The Kier molecular flexibility index (Phi) is 19.2. The summed E-state index contributed by atoms with van der Waals surface area (Å²) >= 11 is 0. The topological polar surface area (TPSA) is 213 Å². The molecular formula is C48H72N6O10. The molecular weight excluding hydrogens is 821 g/mol. The number of likely N-dealkylation sites (N-methyl/N-ethyl adjacent to an activating group) is 2. The van der Waals surface area contributed by atoms with E-state index in [9.17, 15) is 38.7 Å². The van der Waals surface area contributed by atoms with Crippen molar-refractivity contribution in [2.24, 2.45) is 17.3 Å². The minimum atomic E-state index is -1.18. The van der Waals surface area contributed by atoms with Gasteiger partial charge in [-0.1, -0.05) is 111 Å². The van der Waals surface area contributed by atoms with E-state index in [0.29, 0.717) is 11.3 Å². The summed E-state index contributed by atoms with van der Waals surface area (Å²) in [4.78, 5) is 95.5. The Balaban J connectivity index is 2.28. The fourth-order valence-electron chi connectivity index (χ4n) is 6.94. The summed E-state index contributed by atoms with van der Waals surface area (Å²) in [6.07, 6.45) is -0.0278. The first kappa shape index (κ1) is 54.2. The van der Waals surface area contributed by atoms with Crippen LogP contribution in [0.15, 0.2) is 66.2 Å². The van der Waals surface area contributed by atoms with Crippen molar-refractivity contribution in [3.05, 3.63) is 77.4 Å². The van der Waals surface area contributed by atoms with E-state index >= 15 is 0 Å². The van der Waals surface area contributed by atoms with Crippen LogP contribution in [0.5, 0.6) is 0 Å². The molecule has 0 spiro atoms. The maximum Gasteiger partial charge on any atom is 0.410 e. The third kappa shape index (κ3) is 15.7. The maximum absolute atomic E-state index is 14.6. The minimum Gasteiger partial charge on any atom is -0.478 e. The van der Waals surface area contributed by atoms with Gasteiger partial charge in [-0.3, -0.25) is 24.1 Å². The summed E-state index contributed by atoms with van der Waals surface area (Å²) in [7, 11) is 3.04. The molecule has 0 aliphatic heterocycles. The smallest absolute Gasteiger partial charge is 0.410 e. The van der Waals surface area contributed by atoms with Gasteiger partial charge in [0.2, 0.25) is 23.6 Å². The third-order valence-corrected chi connectivity index (χ3v) is 10.7. The summed E-state index contributed by atoms with van der Waals surface area (Å²) in [5.74, 6) is -3.63. The Morgan fingerprint density at radius 2 is 1.28 bits per heavy atom. The number of hydrogen-bond donors (Lipinski definition) is 5. The van der Waals surface area contributed by atoms with E-state index in [1.807, 2.05) is 78.8 Å². The quantitative estimate of drug-likeness (QED) is 0.101. The number of benzene rings is 2. The minimum absolute atomic E-state index is 0.0858. The molecule has 0 aromatic heterocycles.